The second kappa shape index (κ2) is 4.76. The molecule has 2 rings (SSSR count). The minimum absolute atomic E-state index is 0.0604. The third-order valence-corrected chi connectivity index (χ3v) is 4.55. The van der Waals surface area contributed by atoms with Crippen molar-refractivity contribution in [2.45, 2.75) is 51.8 Å². The Morgan fingerprint density at radius 3 is 2.40 bits per heavy atom. The Balaban J connectivity index is 2.36. The van der Waals surface area contributed by atoms with Gasteiger partial charge < -0.3 is 5.11 Å². The first kappa shape index (κ1) is 15.4. The molecule has 0 saturated heterocycles. The molecule has 0 spiro atoms. The molecule has 0 amide bonds. The second-order valence-corrected chi connectivity index (χ2v) is 6.77. The molecule has 4 heteroatoms. The van der Waals surface area contributed by atoms with Crippen LogP contribution >= 0.6 is 0 Å². The van der Waals surface area contributed by atoms with Gasteiger partial charge in [0.05, 0.1) is 11.2 Å². The van der Waals surface area contributed by atoms with Crippen molar-refractivity contribution in [2.75, 3.05) is 0 Å². The molecule has 1 aromatic carbocycles. The maximum atomic E-state index is 12.8. The summed E-state index contributed by atoms with van der Waals surface area (Å²) in [6, 6.07) is 5.12. The smallest absolute Gasteiger partial charge is 0.385 e. The van der Waals surface area contributed by atoms with Gasteiger partial charge in [0, 0.05) is 0 Å². The number of halogens is 3. The Morgan fingerprint density at radius 1 is 1.20 bits per heavy atom. The number of alkyl halides is 3. The van der Waals surface area contributed by atoms with Gasteiger partial charge in [-0.3, -0.25) is 0 Å². The molecule has 1 aliphatic rings. The normalized spacial score (nSPS) is 30.2. The van der Waals surface area contributed by atoms with E-state index < -0.39 is 17.3 Å². The van der Waals surface area contributed by atoms with Crippen molar-refractivity contribution in [3.05, 3.63) is 35.4 Å². The van der Waals surface area contributed by atoms with Crippen LogP contribution in [-0.4, -0.2) is 5.11 Å². The minimum atomic E-state index is -4.37. The average molecular weight is 286 g/mol. The van der Waals surface area contributed by atoms with Crippen molar-refractivity contribution >= 4 is 0 Å². The maximum absolute atomic E-state index is 12.8. The first-order chi connectivity index (χ1) is 9.05. The quantitative estimate of drug-likeness (QED) is 0.790. The molecule has 1 aliphatic carbocycles. The van der Waals surface area contributed by atoms with E-state index in [2.05, 4.69) is 13.8 Å². The summed E-state index contributed by atoms with van der Waals surface area (Å²) in [5, 5.41) is 10.9. The molecule has 112 valence electrons. The van der Waals surface area contributed by atoms with Crippen LogP contribution in [-0.2, 0) is 11.8 Å². The Labute approximate surface area is 117 Å². The zero-order chi connectivity index (χ0) is 15.2. The van der Waals surface area contributed by atoms with E-state index in [1.807, 2.05) is 6.92 Å². The third kappa shape index (κ3) is 2.85. The van der Waals surface area contributed by atoms with Gasteiger partial charge in [-0.2, -0.15) is 13.2 Å². The van der Waals surface area contributed by atoms with E-state index in [-0.39, 0.29) is 11.3 Å². The van der Waals surface area contributed by atoms with Crippen LogP contribution < -0.4 is 0 Å². The van der Waals surface area contributed by atoms with Crippen molar-refractivity contribution < 1.29 is 18.3 Å². The number of hydrogen-bond acceptors (Lipinski definition) is 1. The van der Waals surface area contributed by atoms with Gasteiger partial charge in [0.25, 0.3) is 0 Å². The fourth-order valence-corrected chi connectivity index (χ4v) is 3.27. The molecule has 0 bridgehead atoms. The molecule has 0 aliphatic heterocycles. The second-order valence-electron chi connectivity index (χ2n) is 6.77. The summed E-state index contributed by atoms with van der Waals surface area (Å²) >= 11 is 0. The molecule has 1 nitrogen and oxygen atoms in total. The summed E-state index contributed by atoms with van der Waals surface area (Å²) in [5.74, 6) is -0.0604. The van der Waals surface area contributed by atoms with Gasteiger partial charge in [-0.15, -0.1) is 0 Å². The number of rotatable bonds is 1. The number of benzene rings is 1. The van der Waals surface area contributed by atoms with Gasteiger partial charge in [0.15, 0.2) is 0 Å². The highest BCUT2D eigenvalue weighted by molar-refractivity contribution is 5.31. The Bertz CT molecular complexity index is 493. The topological polar surface area (TPSA) is 20.2 Å². The molecule has 0 heterocycles. The van der Waals surface area contributed by atoms with Crippen LogP contribution in [0.2, 0.25) is 0 Å². The number of aliphatic hydroxyl groups is 1. The summed E-state index contributed by atoms with van der Waals surface area (Å²) in [4.78, 5) is 0. The highest BCUT2D eigenvalue weighted by atomic mass is 19.4. The molecule has 2 atom stereocenters. The lowest BCUT2D eigenvalue weighted by molar-refractivity contribution is -0.138. The van der Waals surface area contributed by atoms with Crippen LogP contribution in [0, 0.1) is 11.3 Å². The zero-order valence-electron chi connectivity index (χ0n) is 12.1. The van der Waals surface area contributed by atoms with E-state index in [0.29, 0.717) is 12.0 Å². The molecule has 1 saturated carbocycles. The van der Waals surface area contributed by atoms with Crippen LogP contribution in [0.25, 0.3) is 0 Å². The van der Waals surface area contributed by atoms with Gasteiger partial charge >= 0.3 is 6.18 Å². The summed E-state index contributed by atoms with van der Waals surface area (Å²) in [6.45, 7) is 6.19. The van der Waals surface area contributed by atoms with Crippen molar-refractivity contribution in [3.63, 3.8) is 0 Å². The highest BCUT2D eigenvalue weighted by Crippen LogP contribution is 2.49. The van der Waals surface area contributed by atoms with Crippen LogP contribution in [0.1, 0.15) is 51.2 Å². The lowest BCUT2D eigenvalue weighted by atomic mass is 9.63. The monoisotopic (exact) mass is 286 g/mol. The first-order valence-electron chi connectivity index (χ1n) is 6.95. The van der Waals surface area contributed by atoms with Crippen molar-refractivity contribution in [3.8, 4) is 0 Å². The van der Waals surface area contributed by atoms with E-state index in [1.54, 1.807) is 6.07 Å². The lowest BCUT2D eigenvalue weighted by Crippen LogP contribution is -2.41. The highest BCUT2D eigenvalue weighted by Gasteiger charge is 2.44. The summed E-state index contributed by atoms with van der Waals surface area (Å²) in [5.41, 5.74) is -1.33. The van der Waals surface area contributed by atoms with Crippen LogP contribution in [0.5, 0.6) is 0 Å². The zero-order valence-corrected chi connectivity index (χ0v) is 12.1. The first-order valence-corrected chi connectivity index (χ1v) is 6.95. The average Bonchev–Trinajstić information content (AvgIpc) is 2.33. The molecule has 1 fully saturated rings. The van der Waals surface area contributed by atoms with Crippen LogP contribution in [0.4, 0.5) is 13.2 Å². The van der Waals surface area contributed by atoms with E-state index in [1.165, 1.54) is 6.07 Å². The summed E-state index contributed by atoms with van der Waals surface area (Å²) in [6.07, 6.45) is -2.25. The largest absolute Gasteiger partial charge is 0.416 e. The number of hydrogen-bond donors (Lipinski definition) is 1. The predicted molar refractivity (Wildman–Crippen MR) is 72.1 cm³/mol. The van der Waals surface area contributed by atoms with E-state index in [0.717, 1.165) is 25.0 Å². The van der Waals surface area contributed by atoms with Crippen molar-refractivity contribution in [2.24, 2.45) is 11.3 Å². The van der Waals surface area contributed by atoms with Crippen molar-refractivity contribution in [1.29, 1.82) is 0 Å². The SMILES string of the molecule is CC1CC(C)(C)CCC1(O)c1cccc(C(F)(F)F)c1. The predicted octanol–water partition coefficient (Wildman–Crippen LogP) is 4.74. The van der Waals surface area contributed by atoms with Crippen LogP contribution in [0.15, 0.2) is 24.3 Å². The fourth-order valence-electron chi connectivity index (χ4n) is 3.27. The molecule has 0 radical (unpaired) electrons. The van der Waals surface area contributed by atoms with Gasteiger partial charge in [-0.05, 0) is 48.3 Å². The molecule has 1 aromatic rings. The molecule has 0 aromatic heterocycles. The summed E-state index contributed by atoms with van der Waals surface area (Å²) in [7, 11) is 0. The molecule has 1 N–H and O–H groups in total. The standard InChI is InChI=1S/C16H21F3O/c1-11-10-14(2,3)7-8-15(11,20)12-5-4-6-13(9-12)16(17,18)19/h4-6,9,11,20H,7-8,10H2,1-3H3. The van der Waals surface area contributed by atoms with Gasteiger partial charge in [0.2, 0.25) is 0 Å². The minimum Gasteiger partial charge on any atom is -0.385 e. The van der Waals surface area contributed by atoms with E-state index in [9.17, 15) is 18.3 Å². The van der Waals surface area contributed by atoms with Crippen molar-refractivity contribution in [1.82, 2.24) is 0 Å². The van der Waals surface area contributed by atoms with E-state index >= 15 is 0 Å². The van der Waals surface area contributed by atoms with Gasteiger partial charge in [0.1, 0.15) is 0 Å². The van der Waals surface area contributed by atoms with E-state index in [4.69, 9.17) is 0 Å². The van der Waals surface area contributed by atoms with Gasteiger partial charge in [-0.1, -0.05) is 32.9 Å². The fraction of sp³-hybridized carbons (Fsp3) is 0.625. The third-order valence-electron chi connectivity index (χ3n) is 4.55. The Hall–Kier alpha value is -1.03. The molecule has 2 unspecified atom stereocenters. The van der Waals surface area contributed by atoms with Crippen LogP contribution in [0.3, 0.4) is 0 Å². The Morgan fingerprint density at radius 2 is 1.85 bits per heavy atom. The molecular weight excluding hydrogens is 265 g/mol. The van der Waals surface area contributed by atoms with Gasteiger partial charge in [-0.25, -0.2) is 0 Å². The molecular formula is C16H21F3O. The Kier molecular flexibility index (Phi) is 3.66. The lowest BCUT2D eigenvalue weighted by Gasteiger charge is -2.45. The maximum Gasteiger partial charge on any atom is 0.416 e. The molecule has 20 heavy (non-hydrogen) atoms. The summed E-state index contributed by atoms with van der Waals surface area (Å²) < 4.78 is 38.4.